The first kappa shape index (κ1) is 21.2. The van der Waals surface area contributed by atoms with Gasteiger partial charge in [0.25, 0.3) is 0 Å². The molecule has 0 N–H and O–H groups in total. The molecule has 0 saturated carbocycles. The molecule has 1 fully saturated rings. The lowest BCUT2D eigenvalue weighted by Gasteiger charge is -2.37. The minimum absolute atomic E-state index is 0.0627. The normalized spacial score (nSPS) is 24.5. The van der Waals surface area contributed by atoms with E-state index in [4.69, 9.17) is 4.74 Å². The van der Waals surface area contributed by atoms with Crippen LogP contribution in [0.15, 0.2) is 53.6 Å². The standard InChI is InChI=1S/C25H28N2O4S/c1-15-9-11-17(12-10-15)32(29,30)27-23(24(28)31-5)22-18-14-26(4)20-8-6-7-16(21(18)20)13-19(22)25(27,2)3/h6-12,14,19,22-23H,13H2,1-5H3. The van der Waals surface area contributed by atoms with Crippen molar-refractivity contribution in [2.45, 2.75) is 49.6 Å². The molecule has 1 aromatic heterocycles. The van der Waals surface area contributed by atoms with Crippen LogP contribution >= 0.6 is 0 Å². The van der Waals surface area contributed by atoms with E-state index in [0.717, 1.165) is 22.0 Å². The molecule has 2 aliphatic rings. The Morgan fingerprint density at radius 1 is 1.12 bits per heavy atom. The number of fused-ring (bicyclic) bond motifs is 2. The topological polar surface area (TPSA) is 68.6 Å². The number of ether oxygens (including phenoxy) is 1. The molecule has 1 aliphatic heterocycles. The van der Waals surface area contributed by atoms with Gasteiger partial charge in [0, 0.05) is 35.6 Å². The smallest absolute Gasteiger partial charge is 0.324 e. The lowest BCUT2D eigenvalue weighted by molar-refractivity contribution is -0.145. The minimum atomic E-state index is -3.95. The molecule has 0 bridgehead atoms. The number of aromatic nitrogens is 1. The van der Waals surface area contributed by atoms with E-state index in [2.05, 4.69) is 22.9 Å². The van der Waals surface area contributed by atoms with Crippen molar-refractivity contribution >= 4 is 26.9 Å². The number of nitrogens with zero attached hydrogens (tertiary/aromatic N) is 2. The monoisotopic (exact) mass is 452 g/mol. The number of esters is 1. The molecular formula is C25H28N2O4S. The third-order valence-electron chi connectivity index (χ3n) is 7.45. The number of methoxy groups -OCH3 is 1. The Hall–Kier alpha value is -2.64. The summed E-state index contributed by atoms with van der Waals surface area (Å²) in [4.78, 5) is 13.4. The quantitative estimate of drug-likeness (QED) is 0.568. The summed E-state index contributed by atoms with van der Waals surface area (Å²) in [5.74, 6) is -0.860. The molecule has 3 atom stereocenters. The van der Waals surface area contributed by atoms with Gasteiger partial charge >= 0.3 is 5.97 Å². The second-order valence-electron chi connectivity index (χ2n) is 9.58. The van der Waals surface area contributed by atoms with Crippen LogP contribution in [-0.2, 0) is 33.0 Å². The van der Waals surface area contributed by atoms with Gasteiger partial charge in [0.1, 0.15) is 6.04 Å². The largest absolute Gasteiger partial charge is 0.468 e. The Labute approximate surface area is 188 Å². The van der Waals surface area contributed by atoms with Gasteiger partial charge in [0.15, 0.2) is 0 Å². The maximum absolute atomic E-state index is 14.0. The number of carbonyl (C=O) groups excluding carboxylic acids is 1. The molecule has 2 heterocycles. The second-order valence-corrected chi connectivity index (χ2v) is 11.4. The highest BCUT2D eigenvalue weighted by atomic mass is 32.2. The van der Waals surface area contributed by atoms with Crippen LogP contribution in [0.25, 0.3) is 10.9 Å². The molecule has 32 heavy (non-hydrogen) atoms. The lowest BCUT2D eigenvalue weighted by atomic mass is 9.70. The summed E-state index contributed by atoms with van der Waals surface area (Å²) in [6.45, 7) is 5.79. The number of rotatable bonds is 3. The van der Waals surface area contributed by atoms with Gasteiger partial charge in [-0.2, -0.15) is 4.31 Å². The third-order valence-corrected chi connectivity index (χ3v) is 9.53. The fourth-order valence-electron chi connectivity index (χ4n) is 5.95. The number of benzene rings is 2. The maximum atomic E-state index is 14.0. The van der Waals surface area contributed by atoms with Crippen molar-refractivity contribution in [2.24, 2.45) is 13.0 Å². The molecule has 5 rings (SSSR count). The average Bonchev–Trinajstić information content (AvgIpc) is 3.21. The Kier molecular flexibility index (Phi) is 4.59. The van der Waals surface area contributed by atoms with Gasteiger partial charge in [-0.25, -0.2) is 8.42 Å². The van der Waals surface area contributed by atoms with Crippen LogP contribution in [0, 0.1) is 12.8 Å². The van der Waals surface area contributed by atoms with Crippen molar-refractivity contribution in [3.05, 3.63) is 65.4 Å². The highest BCUT2D eigenvalue weighted by Crippen LogP contribution is 2.56. The summed E-state index contributed by atoms with van der Waals surface area (Å²) in [5, 5.41) is 1.13. The molecule has 1 saturated heterocycles. The van der Waals surface area contributed by atoms with Gasteiger partial charge in [0.2, 0.25) is 10.0 Å². The zero-order chi connectivity index (χ0) is 23.0. The van der Waals surface area contributed by atoms with Gasteiger partial charge in [-0.3, -0.25) is 4.79 Å². The predicted octanol–water partition coefficient (Wildman–Crippen LogP) is 3.77. The number of hydrogen-bond acceptors (Lipinski definition) is 4. The highest BCUT2D eigenvalue weighted by molar-refractivity contribution is 7.89. The summed E-state index contributed by atoms with van der Waals surface area (Å²) < 4.78 is 36.6. The summed E-state index contributed by atoms with van der Waals surface area (Å²) in [7, 11) is -0.629. The molecule has 0 spiro atoms. The van der Waals surface area contributed by atoms with Crippen molar-refractivity contribution in [2.75, 3.05) is 7.11 Å². The van der Waals surface area contributed by atoms with E-state index in [9.17, 15) is 13.2 Å². The average molecular weight is 453 g/mol. The van der Waals surface area contributed by atoms with Crippen LogP contribution < -0.4 is 0 Å². The third kappa shape index (κ3) is 2.74. The van der Waals surface area contributed by atoms with Crippen LogP contribution in [0.3, 0.4) is 0 Å². The van der Waals surface area contributed by atoms with Crippen molar-refractivity contribution in [1.82, 2.24) is 8.87 Å². The predicted molar refractivity (Wildman–Crippen MR) is 123 cm³/mol. The highest BCUT2D eigenvalue weighted by Gasteiger charge is 2.63. The van der Waals surface area contributed by atoms with Crippen molar-refractivity contribution in [3.63, 3.8) is 0 Å². The van der Waals surface area contributed by atoms with E-state index in [-0.39, 0.29) is 16.7 Å². The molecular weight excluding hydrogens is 424 g/mol. The fourth-order valence-corrected chi connectivity index (χ4v) is 7.93. The van der Waals surface area contributed by atoms with Crippen LogP contribution in [0.2, 0.25) is 0 Å². The molecule has 2 aromatic carbocycles. The van der Waals surface area contributed by atoms with Crippen molar-refractivity contribution in [1.29, 1.82) is 0 Å². The molecule has 7 heteroatoms. The van der Waals surface area contributed by atoms with E-state index in [0.29, 0.717) is 6.42 Å². The minimum Gasteiger partial charge on any atom is -0.468 e. The molecule has 0 radical (unpaired) electrons. The summed E-state index contributed by atoms with van der Waals surface area (Å²) in [6, 6.07) is 12.1. The van der Waals surface area contributed by atoms with Crippen molar-refractivity contribution < 1.29 is 17.9 Å². The van der Waals surface area contributed by atoms with Gasteiger partial charge in [-0.1, -0.05) is 29.8 Å². The number of hydrogen-bond donors (Lipinski definition) is 0. The molecule has 1 aliphatic carbocycles. The van der Waals surface area contributed by atoms with Crippen LogP contribution in [0.4, 0.5) is 0 Å². The van der Waals surface area contributed by atoms with E-state index >= 15 is 0 Å². The van der Waals surface area contributed by atoms with E-state index < -0.39 is 27.6 Å². The zero-order valence-corrected chi connectivity index (χ0v) is 19.8. The van der Waals surface area contributed by atoms with E-state index in [1.165, 1.54) is 17.0 Å². The van der Waals surface area contributed by atoms with Gasteiger partial charge in [-0.05, 0) is 62.4 Å². The second kappa shape index (κ2) is 6.93. The first-order valence-electron chi connectivity index (χ1n) is 10.8. The van der Waals surface area contributed by atoms with Gasteiger partial charge in [0.05, 0.1) is 12.0 Å². The molecule has 6 nitrogen and oxygen atoms in total. The maximum Gasteiger partial charge on any atom is 0.324 e. The van der Waals surface area contributed by atoms with E-state index in [1.807, 2.05) is 33.9 Å². The zero-order valence-electron chi connectivity index (χ0n) is 19.0. The van der Waals surface area contributed by atoms with Gasteiger partial charge < -0.3 is 9.30 Å². The van der Waals surface area contributed by atoms with Crippen LogP contribution in [0.1, 0.15) is 36.5 Å². The first-order valence-corrected chi connectivity index (χ1v) is 12.3. The Balaban J connectivity index is 1.75. The molecule has 3 aromatic rings. The Bertz CT molecular complexity index is 1340. The Morgan fingerprint density at radius 3 is 2.47 bits per heavy atom. The molecule has 3 unspecified atom stereocenters. The van der Waals surface area contributed by atoms with Gasteiger partial charge in [-0.15, -0.1) is 0 Å². The number of aryl methyl sites for hydroxylation is 2. The van der Waals surface area contributed by atoms with Crippen LogP contribution in [-0.4, -0.2) is 41.9 Å². The Morgan fingerprint density at radius 2 is 1.81 bits per heavy atom. The van der Waals surface area contributed by atoms with Crippen molar-refractivity contribution in [3.8, 4) is 0 Å². The van der Waals surface area contributed by atoms with Crippen LogP contribution in [0.5, 0.6) is 0 Å². The SMILES string of the molecule is COC(=O)C1C2c3cn(C)c4cccc(c34)CC2C(C)(C)N1S(=O)(=O)c1ccc(C)cc1. The summed E-state index contributed by atoms with van der Waals surface area (Å²) in [5.41, 5.74) is 3.51. The summed E-state index contributed by atoms with van der Waals surface area (Å²) >= 11 is 0. The fraction of sp³-hybridized carbons (Fsp3) is 0.400. The summed E-state index contributed by atoms with van der Waals surface area (Å²) in [6.07, 6.45) is 2.76. The molecule has 168 valence electrons. The van der Waals surface area contributed by atoms with E-state index in [1.54, 1.807) is 24.3 Å². The molecule has 0 amide bonds. The first-order chi connectivity index (χ1) is 15.1. The number of sulfonamides is 1. The number of carbonyl (C=O) groups is 1. The lowest BCUT2D eigenvalue weighted by Crippen LogP contribution is -2.51.